The van der Waals surface area contributed by atoms with E-state index in [4.69, 9.17) is 14.1 Å². The summed E-state index contributed by atoms with van der Waals surface area (Å²) in [6.45, 7) is 15.5. The zero-order valence-corrected chi connectivity index (χ0v) is 20.1. The highest BCUT2D eigenvalue weighted by molar-refractivity contribution is 9.10. The van der Waals surface area contributed by atoms with Gasteiger partial charge in [-0.3, -0.25) is 0 Å². The van der Waals surface area contributed by atoms with E-state index < -0.39 is 15.4 Å². The molecule has 1 aliphatic rings. The summed E-state index contributed by atoms with van der Waals surface area (Å²) in [6, 6.07) is 0. The van der Waals surface area contributed by atoms with E-state index in [1.807, 2.05) is 0 Å². The molecule has 142 valence electrons. The lowest BCUT2D eigenvalue weighted by molar-refractivity contribution is 0.102. The Labute approximate surface area is 164 Å². The topological polar surface area (TPSA) is 31.4 Å². The Morgan fingerprint density at radius 2 is 1.80 bits per heavy atom. The normalized spacial score (nSPS) is 16.2. The average Bonchev–Trinajstić information content (AvgIpc) is 3.29. The minimum Gasteiger partial charge on any atom is -0.481 e. The third kappa shape index (κ3) is 5.30. The highest BCUT2D eigenvalue weighted by Crippen LogP contribution is 2.44. The molecule has 0 saturated heterocycles. The first kappa shape index (κ1) is 20.9. The molecular formula is C20H34BrNO2Si. The predicted octanol–water partition coefficient (Wildman–Crippen LogP) is 5.48. The van der Waals surface area contributed by atoms with Gasteiger partial charge < -0.3 is 9.16 Å². The minimum atomic E-state index is -0.678. The molecule has 2 rings (SSSR count). The SMILES string of the molecule is COc1nc(C(C)(C)O[SiH2]C(C)(C)C)c(CC2CC2)c(Br)c1C(C)C. The summed E-state index contributed by atoms with van der Waals surface area (Å²) < 4.78 is 13.3. The van der Waals surface area contributed by atoms with Crippen LogP contribution in [0.1, 0.15) is 84.0 Å². The second-order valence-corrected chi connectivity index (χ2v) is 12.8. The van der Waals surface area contributed by atoms with Gasteiger partial charge in [0.2, 0.25) is 5.88 Å². The first-order valence-electron chi connectivity index (χ1n) is 9.37. The van der Waals surface area contributed by atoms with Gasteiger partial charge in [0, 0.05) is 10.0 Å². The lowest BCUT2D eigenvalue weighted by Gasteiger charge is -2.32. The number of halogens is 1. The molecule has 1 aliphatic carbocycles. The van der Waals surface area contributed by atoms with Crippen molar-refractivity contribution in [3.63, 3.8) is 0 Å². The molecule has 0 spiro atoms. The van der Waals surface area contributed by atoms with Gasteiger partial charge in [-0.15, -0.1) is 0 Å². The molecule has 3 nitrogen and oxygen atoms in total. The number of rotatable bonds is 7. The van der Waals surface area contributed by atoms with E-state index in [0.29, 0.717) is 5.92 Å². The number of hydrogen-bond donors (Lipinski definition) is 0. The molecule has 0 atom stereocenters. The quantitative estimate of drug-likeness (QED) is 0.539. The van der Waals surface area contributed by atoms with Crippen molar-refractivity contribution in [2.45, 2.75) is 84.3 Å². The second-order valence-electron chi connectivity index (χ2n) is 9.34. The van der Waals surface area contributed by atoms with Gasteiger partial charge >= 0.3 is 0 Å². The van der Waals surface area contributed by atoms with E-state index in [1.165, 1.54) is 28.4 Å². The van der Waals surface area contributed by atoms with Crippen molar-refractivity contribution in [1.82, 2.24) is 4.98 Å². The summed E-state index contributed by atoms with van der Waals surface area (Å²) in [5, 5.41) is 0.257. The van der Waals surface area contributed by atoms with Crippen LogP contribution in [0.4, 0.5) is 0 Å². The van der Waals surface area contributed by atoms with Crippen LogP contribution in [-0.4, -0.2) is 21.9 Å². The molecule has 1 heterocycles. The number of methoxy groups -OCH3 is 1. The maximum atomic E-state index is 6.48. The summed E-state index contributed by atoms with van der Waals surface area (Å²) in [7, 11) is 1.03. The minimum absolute atomic E-state index is 0.257. The maximum absolute atomic E-state index is 6.48. The predicted molar refractivity (Wildman–Crippen MR) is 111 cm³/mol. The van der Waals surface area contributed by atoms with Crippen molar-refractivity contribution in [1.29, 1.82) is 0 Å². The Morgan fingerprint density at radius 1 is 1.20 bits per heavy atom. The summed E-state index contributed by atoms with van der Waals surface area (Å²) >= 11 is 3.90. The molecule has 0 aliphatic heterocycles. The highest BCUT2D eigenvalue weighted by atomic mass is 79.9. The van der Waals surface area contributed by atoms with Crippen molar-refractivity contribution >= 4 is 25.7 Å². The molecule has 0 radical (unpaired) electrons. The molecule has 0 amide bonds. The average molecular weight is 428 g/mol. The fourth-order valence-corrected chi connectivity index (χ4v) is 4.91. The van der Waals surface area contributed by atoms with Crippen LogP contribution in [0.5, 0.6) is 5.88 Å². The van der Waals surface area contributed by atoms with E-state index in [0.717, 1.165) is 23.9 Å². The van der Waals surface area contributed by atoms with Crippen LogP contribution in [0.25, 0.3) is 0 Å². The Hall–Kier alpha value is -0.393. The second kappa shape index (κ2) is 7.69. The van der Waals surface area contributed by atoms with Crippen LogP contribution >= 0.6 is 15.9 Å². The third-order valence-electron chi connectivity index (χ3n) is 4.63. The van der Waals surface area contributed by atoms with E-state index in [1.54, 1.807) is 7.11 Å². The monoisotopic (exact) mass is 427 g/mol. The Kier molecular flexibility index (Phi) is 6.43. The standard InChI is InChI=1S/C20H34BrNO2Si/c1-12(2)15-16(21)14(11-13-9-10-13)17(22-18(15)23-8)20(6,7)24-25-19(3,4)5/h12-13H,9-11,25H2,1-8H3. The van der Waals surface area contributed by atoms with Crippen molar-refractivity contribution in [3.8, 4) is 5.88 Å². The van der Waals surface area contributed by atoms with Crippen LogP contribution < -0.4 is 4.74 Å². The smallest absolute Gasteiger partial charge is 0.218 e. The van der Waals surface area contributed by atoms with Gasteiger partial charge in [0.1, 0.15) is 0 Å². The van der Waals surface area contributed by atoms with Gasteiger partial charge in [0.05, 0.1) is 18.4 Å². The van der Waals surface area contributed by atoms with Crippen molar-refractivity contribution in [2.24, 2.45) is 5.92 Å². The van der Waals surface area contributed by atoms with Gasteiger partial charge in [-0.25, -0.2) is 4.98 Å². The van der Waals surface area contributed by atoms with Gasteiger partial charge in [-0.2, -0.15) is 0 Å². The van der Waals surface area contributed by atoms with Crippen molar-refractivity contribution in [2.75, 3.05) is 7.11 Å². The molecular weight excluding hydrogens is 394 g/mol. The summed E-state index contributed by atoms with van der Waals surface area (Å²) in [4.78, 5) is 4.97. The van der Waals surface area contributed by atoms with Crippen LogP contribution in [0.3, 0.4) is 0 Å². The van der Waals surface area contributed by atoms with Crippen LogP contribution in [0.2, 0.25) is 5.04 Å². The zero-order chi connectivity index (χ0) is 19.0. The number of pyridine rings is 1. The van der Waals surface area contributed by atoms with Gasteiger partial charge in [0.25, 0.3) is 0 Å². The van der Waals surface area contributed by atoms with Gasteiger partial charge in [-0.05, 0) is 71.5 Å². The Morgan fingerprint density at radius 3 is 2.24 bits per heavy atom. The lowest BCUT2D eigenvalue weighted by atomic mass is 9.92. The van der Waals surface area contributed by atoms with E-state index >= 15 is 0 Å². The Bertz CT molecular complexity index is 619. The molecule has 25 heavy (non-hydrogen) atoms. The number of aromatic nitrogens is 1. The summed E-state index contributed by atoms with van der Waals surface area (Å²) in [5.74, 6) is 1.88. The van der Waals surface area contributed by atoms with Crippen LogP contribution in [-0.2, 0) is 16.4 Å². The number of hydrogen-bond acceptors (Lipinski definition) is 3. The van der Waals surface area contributed by atoms with Crippen molar-refractivity contribution in [3.05, 3.63) is 21.3 Å². The van der Waals surface area contributed by atoms with E-state index in [-0.39, 0.29) is 5.04 Å². The first-order chi connectivity index (χ1) is 11.5. The van der Waals surface area contributed by atoms with E-state index in [9.17, 15) is 0 Å². The summed E-state index contributed by atoms with van der Waals surface area (Å²) in [6.07, 6.45) is 3.73. The fraction of sp³-hybridized carbons (Fsp3) is 0.750. The third-order valence-corrected chi connectivity index (χ3v) is 7.27. The maximum Gasteiger partial charge on any atom is 0.218 e. The molecule has 1 aromatic heterocycles. The molecule has 5 heteroatoms. The van der Waals surface area contributed by atoms with Crippen molar-refractivity contribution < 1.29 is 9.16 Å². The number of ether oxygens (including phenoxy) is 1. The highest BCUT2D eigenvalue weighted by Gasteiger charge is 2.34. The van der Waals surface area contributed by atoms with Gasteiger partial charge in [-0.1, -0.05) is 34.6 Å². The Balaban J connectivity index is 2.52. The summed E-state index contributed by atoms with van der Waals surface area (Å²) in [5.41, 5.74) is 3.14. The largest absolute Gasteiger partial charge is 0.481 e. The first-order valence-corrected chi connectivity index (χ1v) is 11.4. The molecule has 0 N–H and O–H groups in total. The molecule has 0 aromatic carbocycles. The number of nitrogens with zero attached hydrogens (tertiary/aromatic N) is 1. The molecule has 0 unspecified atom stereocenters. The lowest BCUT2D eigenvalue weighted by Crippen LogP contribution is -2.30. The zero-order valence-electron chi connectivity index (χ0n) is 17.1. The van der Waals surface area contributed by atoms with Crippen LogP contribution in [0.15, 0.2) is 4.47 Å². The van der Waals surface area contributed by atoms with E-state index in [2.05, 4.69) is 64.4 Å². The molecule has 1 saturated carbocycles. The molecule has 0 bridgehead atoms. The van der Waals surface area contributed by atoms with Crippen LogP contribution in [0, 0.1) is 5.92 Å². The fourth-order valence-electron chi connectivity index (χ4n) is 3.01. The molecule has 1 aromatic rings. The van der Waals surface area contributed by atoms with Gasteiger partial charge in [0.15, 0.2) is 9.76 Å². The molecule has 1 fully saturated rings.